The number of hydrogen-bond donors (Lipinski definition) is 0. The van der Waals surface area contributed by atoms with Crippen molar-refractivity contribution in [2.24, 2.45) is 0 Å². The average molecular weight is 507 g/mol. The number of rotatable bonds is 8. The van der Waals surface area contributed by atoms with Gasteiger partial charge in [-0.1, -0.05) is 65.2 Å². The van der Waals surface area contributed by atoms with Crippen LogP contribution in [0.5, 0.6) is 0 Å². The first-order valence-corrected chi connectivity index (χ1v) is 18.5. The van der Waals surface area contributed by atoms with E-state index in [1.54, 1.807) is 0 Å². The fourth-order valence-electron chi connectivity index (χ4n) is 1.36. The molecule has 0 aromatic carbocycles. The highest BCUT2D eigenvalue weighted by atomic mass is 32.2. The molecule has 0 fully saturated rings. The van der Waals surface area contributed by atoms with Crippen molar-refractivity contribution in [3.63, 3.8) is 0 Å². The molecule has 0 atom stereocenters. The molecule has 6 nitrogen and oxygen atoms in total. The Balaban J connectivity index is 0. The molecule has 0 saturated carbocycles. The molecule has 0 saturated heterocycles. The summed E-state index contributed by atoms with van der Waals surface area (Å²) in [5.41, 5.74) is 0. The van der Waals surface area contributed by atoms with Gasteiger partial charge >= 0.3 is 0 Å². The van der Waals surface area contributed by atoms with Gasteiger partial charge in [0, 0.05) is 6.61 Å². The van der Waals surface area contributed by atoms with E-state index in [0.717, 1.165) is 6.26 Å². The molecule has 32 heavy (non-hydrogen) atoms. The Hall–Kier alpha value is -0.656. The molecule has 0 aromatic rings. The van der Waals surface area contributed by atoms with Crippen LogP contribution in [0, 0.1) is 23.7 Å². The predicted molar refractivity (Wildman–Crippen MR) is 139 cm³/mol. The third-order valence-electron chi connectivity index (χ3n) is 5.60. The van der Waals surface area contributed by atoms with Gasteiger partial charge in [-0.2, -0.15) is 8.42 Å². The van der Waals surface area contributed by atoms with Gasteiger partial charge < -0.3 is 13.6 Å². The third-order valence-corrected chi connectivity index (χ3v) is 15.1. The largest absolute Gasteiger partial charge is 0.406 e. The van der Waals surface area contributed by atoms with Gasteiger partial charge in [-0.05, 0) is 43.2 Å². The highest BCUT2D eigenvalue weighted by Crippen LogP contribution is 2.37. The molecule has 0 heterocycles. The Morgan fingerprint density at radius 2 is 1.03 bits per heavy atom. The summed E-state index contributed by atoms with van der Waals surface area (Å²) in [5, 5.41) is 0.485. The molecule has 0 aliphatic rings. The molecule has 9 heteroatoms. The van der Waals surface area contributed by atoms with Gasteiger partial charge in [0.25, 0.3) is 10.1 Å². The lowest BCUT2D eigenvalue weighted by Gasteiger charge is -2.35. The molecule has 0 amide bonds. The molecule has 0 radical (unpaired) electrons. The van der Waals surface area contributed by atoms with Crippen molar-refractivity contribution in [2.45, 2.75) is 84.7 Å². The molecule has 188 valence electrons. The van der Waals surface area contributed by atoms with Crippen LogP contribution in [0.3, 0.4) is 0 Å². The second-order valence-corrected chi connectivity index (χ2v) is 21.7. The van der Waals surface area contributed by atoms with Crippen molar-refractivity contribution in [3.8, 4) is 23.7 Å². The first kappa shape index (κ1) is 33.5. The monoisotopic (exact) mass is 506 g/mol. The minimum absolute atomic E-state index is 0.105. The zero-order valence-corrected chi connectivity index (χ0v) is 25.2. The first-order valence-electron chi connectivity index (χ1n) is 10.9. The second kappa shape index (κ2) is 14.6. The Labute approximate surface area is 200 Å². The van der Waals surface area contributed by atoms with Crippen LogP contribution in [0.4, 0.5) is 0 Å². The summed E-state index contributed by atoms with van der Waals surface area (Å²) in [5.74, 6) is 11.3. The van der Waals surface area contributed by atoms with Crippen molar-refractivity contribution >= 4 is 26.8 Å². The standard InChI is InChI=1S/C16H34O2Si2.C7H12O4S/c1-15(2,3)19(7,8)17-13-11-12-14-18-20(9,10)16(4,5)6;1-3-10-6-4-5-7-11-12(2,8)9/h13-14H2,1-10H3;3,6-7H2,1-2H3. The minimum atomic E-state index is -3.36. The summed E-state index contributed by atoms with van der Waals surface area (Å²) in [6.07, 6.45) is 0.983. The highest BCUT2D eigenvalue weighted by molar-refractivity contribution is 7.86. The van der Waals surface area contributed by atoms with Gasteiger partial charge in [-0.15, -0.1) is 0 Å². The SMILES string of the molecule is CC(C)(C)[Si](C)(C)OCC#CCO[Si](C)(C)C(C)(C)C.CCOCC#CCOS(C)(=O)=O. The van der Waals surface area contributed by atoms with Crippen LogP contribution >= 0.6 is 0 Å². The Morgan fingerprint density at radius 1 is 0.688 bits per heavy atom. The van der Waals surface area contributed by atoms with E-state index < -0.39 is 26.8 Å². The smallest absolute Gasteiger partial charge is 0.265 e. The summed E-state index contributed by atoms with van der Waals surface area (Å²) in [7, 11) is -6.69. The molecule has 0 unspecified atom stereocenters. The molecule has 0 bridgehead atoms. The lowest BCUT2D eigenvalue weighted by atomic mass is 10.2. The van der Waals surface area contributed by atoms with Gasteiger partial charge in [0.05, 0.1) is 19.5 Å². The highest BCUT2D eigenvalue weighted by Gasteiger charge is 2.37. The zero-order chi connectivity index (χ0) is 25.7. The predicted octanol–water partition coefficient (Wildman–Crippen LogP) is 5.04. The minimum Gasteiger partial charge on any atom is -0.406 e. The van der Waals surface area contributed by atoms with Crippen LogP contribution in [0.25, 0.3) is 0 Å². The summed E-state index contributed by atoms with van der Waals surface area (Å²) in [4.78, 5) is 0. The fourth-order valence-corrected chi connectivity index (χ4v) is 3.36. The average Bonchev–Trinajstić information content (AvgIpc) is 2.58. The Bertz CT molecular complexity index is 721. The van der Waals surface area contributed by atoms with Crippen molar-refractivity contribution in [1.29, 1.82) is 0 Å². The quantitative estimate of drug-likeness (QED) is 0.199. The lowest BCUT2D eigenvalue weighted by molar-refractivity contribution is 0.182. The van der Waals surface area contributed by atoms with Gasteiger partial charge in [-0.3, -0.25) is 4.18 Å². The third kappa shape index (κ3) is 16.9. The maximum atomic E-state index is 10.4. The van der Waals surface area contributed by atoms with Crippen LogP contribution in [0.1, 0.15) is 48.5 Å². The molecule has 0 aliphatic carbocycles. The van der Waals surface area contributed by atoms with Crippen molar-refractivity contribution in [1.82, 2.24) is 0 Å². The number of ether oxygens (including phenoxy) is 1. The first-order chi connectivity index (χ1) is 14.3. The van der Waals surface area contributed by atoms with Crippen LogP contribution in [-0.2, 0) is 27.9 Å². The van der Waals surface area contributed by atoms with Gasteiger partial charge in [0.2, 0.25) is 0 Å². The van der Waals surface area contributed by atoms with Crippen molar-refractivity contribution < 1.29 is 26.2 Å². The van der Waals surface area contributed by atoms with E-state index >= 15 is 0 Å². The molecule has 0 N–H and O–H groups in total. The summed E-state index contributed by atoms with van der Waals surface area (Å²) < 4.78 is 42.1. The molecule has 0 aliphatic heterocycles. The molecular formula is C23H46O6SSi2. The Morgan fingerprint density at radius 3 is 1.34 bits per heavy atom. The zero-order valence-electron chi connectivity index (χ0n) is 22.4. The van der Waals surface area contributed by atoms with Gasteiger partial charge in [0.15, 0.2) is 16.6 Å². The van der Waals surface area contributed by atoms with Crippen LogP contribution in [0.15, 0.2) is 0 Å². The van der Waals surface area contributed by atoms with Gasteiger partial charge in [0.1, 0.15) is 13.2 Å². The van der Waals surface area contributed by atoms with E-state index in [4.69, 9.17) is 13.6 Å². The second-order valence-electron chi connectivity index (χ2n) is 10.4. The van der Waals surface area contributed by atoms with E-state index in [-0.39, 0.29) is 16.7 Å². The van der Waals surface area contributed by atoms with Crippen LogP contribution < -0.4 is 0 Å². The molecular weight excluding hydrogens is 460 g/mol. The van der Waals surface area contributed by atoms with Crippen LogP contribution in [-0.4, -0.2) is 64.3 Å². The topological polar surface area (TPSA) is 71.1 Å². The van der Waals surface area contributed by atoms with E-state index in [0.29, 0.717) is 26.4 Å². The molecule has 0 rings (SSSR count). The van der Waals surface area contributed by atoms with E-state index in [2.05, 4.69) is 95.6 Å². The maximum absolute atomic E-state index is 10.4. The summed E-state index contributed by atoms with van der Waals surface area (Å²) in [6, 6.07) is 0. The van der Waals surface area contributed by atoms with E-state index in [9.17, 15) is 8.42 Å². The van der Waals surface area contributed by atoms with Crippen LogP contribution in [0.2, 0.25) is 36.3 Å². The van der Waals surface area contributed by atoms with Crippen molar-refractivity contribution in [2.75, 3.05) is 39.3 Å². The maximum Gasteiger partial charge on any atom is 0.265 e. The van der Waals surface area contributed by atoms with Gasteiger partial charge in [-0.25, -0.2) is 0 Å². The van der Waals surface area contributed by atoms with Crippen molar-refractivity contribution in [3.05, 3.63) is 0 Å². The van der Waals surface area contributed by atoms with E-state index in [1.807, 2.05) is 6.92 Å². The Kier molecular flexibility index (Phi) is 15.3. The summed E-state index contributed by atoms with van der Waals surface area (Å²) >= 11 is 0. The lowest BCUT2D eigenvalue weighted by Crippen LogP contribution is -2.41. The fraction of sp³-hybridized carbons (Fsp3) is 0.826. The molecule has 0 spiro atoms. The molecule has 0 aromatic heterocycles. The van der Waals surface area contributed by atoms with E-state index in [1.165, 1.54) is 0 Å². The number of hydrogen-bond acceptors (Lipinski definition) is 6. The summed E-state index contributed by atoms with van der Waals surface area (Å²) in [6.45, 7) is 26.2. The normalized spacial score (nSPS) is 12.6.